The Morgan fingerprint density at radius 3 is 2.45 bits per heavy atom. The van der Waals surface area contributed by atoms with E-state index in [0.29, 0.717) is 0 Å². The van der Waals surface area contributed by atoms with Crippen LogP contribution in [0.4, 0.5) is 5.95 Å². The molecule has 3 heterocycles. The third kappa shape index (κ3) is 3.13. The molecule has 0 bridgehead atoms. The van der Waals surface area contributed by atoms with Crippen LogP contribution in [0.15, 0.2) is 42.5 Å². The maximum atomic E-state index is 5.96. The third-order valence-corrected chi connectivity index (χ3v) is 5.46. The van der Waals surface area contributed by atoms with Crippen molar-refractivity contribution in [3.8, 4) is 11.4 Å². The number of fused-ring (bicyclic) bond motifs is 3. The minimum Gasteiger partial charge on any atom is -0.372 e. The Morgan fingerprint density at radius 1 is 0.931 bits per heavy atom. The van der Waals surface area contributed by atoms with Crippen molar-refractivity contribution in [1.29, 1.82) is 0 Å². The van der Waals surface area contributed by atoms with Gasteiger partial charge in [0.2, 0.25) is 5.95 Å². The second kappa shape index (κ2) is 6.81. The maximum Gasteiger partial charge on any atom is 0.213 e. The van der Waals surface area contributed by atoms with Crippen LogP contribution in [0.3, 0.4) is 0 Å². The summed E-state index contributed by atoms with van der Waals surface area (Å²) in [7, 11) is 0. The molecule has 1 aliphatic rings. The second-order valence-corrected chi connectivity index (χ2v) is 8.15. The topological polar surface area (TPSA) is 55.5 Å². The Bertz CT molecular complexity index is 1200. The molecular weight excluding hydrogens is 362 g/mol. The molecule has 0 aliphatic carbocycles. The summed E-state index contributed by atoms with van der Waals surface area (Å²) in [5, 5.41) is 10.2. The molecule has 0 radical (unpaired) electrons. The van der Waals surface area contributed by atoms with Crippen LogP contribution in [0.5, 0.6) is 0 Å². The molecule has 29 heavy (non-hydrogen) atoms. The lowest BCUT2D eigenvalue weighted by Crippen LogP contribution is -2.46. The molecular formula is C23H25N5O. The van der Waals surface area contributed by atoms with E-state index in [1.807, 2.05) is 0 Å². The van der Waals surface area contributed by atoms with E-state index >= 15 is 0 Å². The standard InChI is InChI=1S/C23H25N5O/c1-14-6-5-7-18(10-14)21-25-26-22-19-11-15(2)8-9-20(19)24-23(28(21)22)27-12-16(3)29-17(4)13-27/h5-11,16-17H,12-13H2,1-4H3/t16-,17+. The first-order valence-corrected chi connectivity index (χ1v) is 10.1. The molecule has 2 aromatic heterocycles. The molecule has 5 rings (SSSR count). The monoisotopic (exact) mass is 387 g/mol. The van der Waals surface area contributed by atoms with Crippen molar-refractivity contribution in [2.45, 2.75) is 39.9 Å². The zero-order valence-electron chi connectivity index (χ0n) is 17.3. The van der Waals surface area contributed by atoms with E-state index in [2.05, 4.69) is 89.7 Å². The third-order valence-electron chi connectivity index (χ3n) is 5.46. The van der Waals surface area contributed by atoms with E-state index in [1.165, 1.54) is 11.1 Å². The highest BCUT2D eigenvalue weighted by atomic mass is 16.5. The zero-order chi connectivity index (χ0) is 20.1. The average molecular weight is 387 g/mol. The van der Waals surface area contributed by atoms with E-state index in [9.17, 15) is 0 Å². The van der Waals surface area contributed by atoms with Gasteiger partial charge in [-0.15, -0.1) is 10.2 Å². The maximum absolute atomic E-state index is 5.96. The number of aryl methyl sites for hydroxylation is 2. The summed E-state index contributed by atoms with van der Waals surface area (Å²) in [5.74, 6) is 1.70. The molecule has 2 atom stereocenters. The Kier molecular flexibility index (Phi) is 4.24. The van der Waals surface area contributed by atoms with Gasteiger partial charge in [-0.05, 0) is 45.9 Å². The number of ether oxygens (including phenoxy) is 1. The number of hydrogen-bond acceptors (Lipinski definition) is 5. The zero-order valence-corrected chi connectivity index (χ0v) is 17.3. The van der Waals surface area contributed by atoms with Gasteiger partial charge in [0.25, 0.3) is 0 Å². The molecule has 1 aliphatic heterocycles. The van der Waals surface area contributed by atoms with E-state index in [4.69, 9.17) is 9.72 Å². The first-order chi connectivity index (χ1) is 14.0. The number of benzene rings is 2. The van der Waals surface area contributed by atoms with Crippen LogP contribution in [0.2, 0.25) is 0 Å². The normalized spacial score (nSPS) is 19.9. The van der Waals surface area contributed by atoms with Crippen molar-refractivity contribution >= 4 is 22.5 Å². The van der Waals surface area contributed by atoms with Gasteiger partial charge >= 0.3 is 0 Å². The van der Waals surface area contributed by atoms with Crippen LogP contribution in [0.1, 0.15) is 25.0 Å². The first-order valence-electron chi connectivity index (χ1n) is 10.1. The number of morpholine rings is 1. The van der Waals surface area contributed by atoms with E-state index in [0.717, 1.165) is 47.0 Å². The Labute approximate surface area is 170 Å². The number of rotatable bonds is 2. The van der Waals surface area contributed by atoms with Crippen molar-refractivity contribution in [2.75, 3.05) is 18.0 Å². The van der Waals surface area contributed by atoms with Gasteiger partial charge in [0.15, 0.2) is 11.5 Å². The highest BCUT2D eigenvalue weighted by Gasteiger charge is 2.27. The molecule has 4 aromatic rings. The van der Waals surface area contributed by atoms with Gasteiger partial charge in [0, 0.05) is 24.0 Å². The number of nitrogens with zero attached hydrogens (tertiary/aromatic N) is 5. The predicted octanol–water partition coefficient (Wildman–Crippen LogP) is 4.17. The fraction of sp³-hybridized carbons (Fsp3) is 0.348. The van der Waals surface area contributed by atoms with Gasteiger partial charge in [-0.1, -0.05) is 35.4 Å². The van der Waals surface area contributed by atoms with E-state index < -0.39 is 0 Å². The quantitative estimate of drug-likeness (QED) is 0.517. The van der Waals surface area contributed by atoms with E-state index in [-0.39, 0.29) is 12.2 Å². The lowest BCUT2D eigenvalue weighted by molar-refractivity contribution is -0.00576. The first kappa shape index (κ1) is 18.1. The van der Waals surface area contributed by atoms with Crippen molar-refractivity contribution in [2.24, 2.45) is 0 Å². The molecule has 0 N–H and O–H groups in total. The predicted molar refractivity (Wildman–Crippen MR) is 115 cm³/mol. The Hall–Kier alpha value is -2.99. The fourth-order valence-electron chi connectivity index (χ4n) is 4.26. The molecule has 1 saturated heterocycles. The molecule has 0 unspecified atom stereocenters. The molecule has 0 saturated carbocycles. The summed E-state index contributed by atoms with van der Waals surface area (Å²) in [4.78, 5) is 7.37. The molecule has 2 aromatic carbocycles. The second-order valence-electron chi connectivity index (χ2n) is 8.15. The van der Waals surface area contributed by atoms with Crippen molar-refractivity contribution in [1.82, 2.24) is 19.6 Å². The minimum atomic E-state index is 0.142. The summed E-state index contributed by atoms with van der Waals surface area (Å²) < 4.78 is 8.07. The van der Waals surface area contributed by atoms with Crippen LogP contribution in [-0.4, -0.2) is 44.9 Å². The smallest absolute Gasteiger partial charge is 0.213 e. The fourth-order valence-corrected chi connectivity index (χ4v) is 4.26. The van der Waals surface area contributed by atoms with Crippen LogP contribution in [-0.2, 0) is 4.74 Å². The number of aromatic nitrogens is 4. The van der Waals surface area contributed by atoms with Crippen LogP contribution < -0.4 is 4.90 Å². The summed E-state index contributed by atoms with van der Waals surface area (Å²) in [6.07, 6.45) is 0.284. The molecule has 6 heteroatoms. The number of anilines is 1. The molecule has 0 amide bonds. The lowest BCUT2D eigenvalue weighted by atomic mass is 10.1. The van der Waals surface area contributed by atoms with Gasteiger partial charge in [-0.25, -0.2) is 9.38 Å². The SMILES string of the molecule is Cc1cccc(-c2nnc3c4cc(C)ccc4nc(N4C[C@@H](C)O[C@@H](C)C4)n23)c1. The summed E-state index contributed by atoms with van der Waals surface area (Å²) in [6.45, 7) is 9.98. The Balaban J connectivity index is 1.81. The van der Waals surface area contributed by atoms with Crippen LogP contribution in [0.25, 0.3) is 27.9 Å². The minimum absolute atomic E-state index is 0.142. The largest absolute Gasteiger partial charge is 0.372 e. The summed E-state index contributed by atoms with van der Waals surface area (Å²) in [6, 6.07) is 14.7. The van der Waals surface area contributed by atoms with Gasteiger partial charge in [-0.3, -0.25) is 0 Å². The van der Waals surface area contributed by atoms with Crippen molar-refractivity contribution in [3.63, 3.8) is 0 Å². The summed E-state index contributed by atoms with van der Waals surface area (Å²) in [5.41, 5.74) is 5.20. The highest BCUT2D eigenvalue weighted by molar-refractivity contribution is 5.94. The van der Waals surface area contributed by atoms with Gasteiger partial charge in [0.05, 0.1) is 17.7 Å². The summed E-state index contributed by atoms with van der Waals surface area (Å²) >= 11 is 0. The Morgan fingerprint density at radius 2 is 1.69 bits per heavy atom. The van der Waals surface area contributed by atoms with Crippen LogP contribution >= 0.6 is 0 Å². The molecule has 148 valence electrons. The van der Waals surface area contributed by atoms with Crippen LogP contribution in [0, 0.1) is 13.8 Å². The van der Waals surface area contributed by atoms with Crippen molar-refractivity contribution in [3.05, 3.63) is 53.6 Å². The lowest BCUT2D eigenvalue weighted by Gasteiger charge is -2.36. The van der Waals surface area contributed by atoms with E-state index in [1.54, 1.807) is 0 Å². The van der Waals surface area contributed by atoms with Gasteiger partial charge < -0.3 is 9.64 Å². The number of hydrogen-bond donors (Lipinski definition) is 0. The molecule has 6 nitrogen and oxygen atoms in total. The van der Waals surface area contributed by atoms with Crippen molar-refractivity contribution < 1.29 is 4.74 Å². The molecule has 0 spiro atoms. The average Bonchev–Trinajstić information content (AvgIpc) is 3.12. The molecule has 1 fully saturated rings. The van der Waals surface area contributed by atoms with Gasteiger partial charge in [0.1, 0.15) is 0 Å². The highest BCUT2D eigenvalue weighted by Crippen LogP contribution is 2.30. The van der Waals surface area contributed by atoms with Gasteiger partial charge in [-0.2, -0.15) is 0 Å².